The summed E-state index contributed by atoms with van der Waals surface area (Å²) in [5.41, 5.74) is 7.90. The lowest BCUT2D eigenvalue weighted by molar-refractivity contribution is 0.0693. The van der Waals surface area contributed by atoms with Crippen molar-refractivity contribution >= 4 is 22.8 Å². The summed E-state index contributed by atoms with van der Waals surface area (Å²) in [6.07, 6.45) is 0. The van der Waals surface area contributed by atoms with Crippen molar-refractivity contribution in [3.05, 3.63) is 29.0 Å². The first-order valence-electron chi connectivity index (χ1n) is 4.77. The Kier molecular flexibility index (Phi) is 2.23. The Morgan fingerprint density at radius 1 is 1.31 bits per heavy atom. The maximum absolute atomic E-state index is 11.0. The van der Waals surface area contributed by atoms with Crippen molar-refractivity contribution in [2.24, 2.45) is 0 Å². The summed E-state index contributed by atoms with van der Waals surface area (Å²) in [6.45, 7) is 3.77. The van der Waals surface area contributed by atoms with Gasteiger partial charge in [0.05, 0.1) is 5.52 Å². The van der Waals surface area contributed by atoms with E-state index in [1.54, 1.807) is 6.07 Å². The summed E-state index contributed by atoms with van der Waals surface area (Å²) in [7, 11) is 0. The molecule has 0 unspecified atom stereocenters. The SMILES string of the molecule is Cc1cc(C)c2nc(N)nc(C(=O)O)c2c1. The van der Waals surface area contributed by atoms with Gasteiger partial charge in [-0.25, -0.2) is 14.8 Å². The van der Waals surface area contributed by atoms with Crippen molar-refractivity contribution in [2.75, 3.05) is 5.73 Å². The molecule has 1 heterocycles. The average molecular weight is 217 g/mol. The predicted molar refractivity (Wildman–Crippen MR) is 60.4 cm³/mol. The third kappa shape index (κ3) is 1.56. The third-order valence-corrected chi connectivity index (χ3v) is 2.36. The van der Waals surface area contributed by atoms with Gasteiger partial charge in [-0.3, -0.25) is 0 Å². The van der Waals surface area contributed by atoms with E-state index < -0.39 is 5.97 Å². The number of anilines is 1. The maximum Gasteiger partial charge on any atom is 0.355 e. The number of carbonyl (C=O) groups is 1. The van der Waals surface area contributed by atoms with E-state index in [0.29, 0.717) is 10.9 Å². The summed E-state index contributed by atoms with van der Waals surface area (Å²) in [5.74, 6) is -1.11. The van der Waals surface area contributed by atoms with Gasteiger partial charge in [-0.2, -0.15) is 0 Å². The molecule has 0 spiro atoms. The average Bonchev–Trinajstić information content (AvgIpc) is 2.18. The Morgan fingerprint density at radius 2 is 2.00 bits per heavy atom. The van der Waals surface area contributed by atoms with E-state index in [0.717, 1.165) is 11.1 Å². The van der Waals surface area contributed by atoms with E-state index >= 15 is 0 Å². The topological polar surface area (TPSA) is 89.1 Å². The van der Waals surface area contributed by atoms with Gasteiger partial charge in [-0.1, -0.05) is 11.6 Å². The summed E-state index contributed by atoms with van der Waals surface area (Å²) < 4.78 is 0. The van der Waals surface area contributed by atoms with Crippen molar-refractivity contribution in [3.8, 4) is 0 Å². The van der Waals surface area contributed by atoms with Crippen molar-refractivity contribution in [3.63, 3.8) is 0 Å². The highest BCUT2D eigenvalue weighted by molar-refractivity contribution is 6.02. The van der Waals surface area contributed by atoms with Crippen LogP contribution in [-0.4, -0.2) is 21.0 Å². The van der Waals surface area contributed by atoms with E-state index in [4.69, 9.17) is 10.8 Å². The minimum Gasteiger partial charge on any atom is -0.476 e. The highest BCUT2D eigenvalue weighted by Gasteiger charge is 2.14. The van der Waals surface area contributed by atoms with Gasteiger partial charge in [0, 0.05) is 5.39 Å². The highest BCUT2D eigenvalue weighted by atomic mass is 16.4. The Hall–Kier alpha value is -2.17. The molecule has 1 aromatic heterocycles. The molecule has 5 nitrogen and oxygen atoms in total. The molecule has 0 amide bonds. The predicted octanol–water partition coefficient (Wildman–Crippen LogP) is 1.53. The zero-order chi connectivity index (χ0) is 11.9. The largest absolute Gasteiger partial charge is 0.476 e. The highest BCUT2D eigenvalue weighted by Crippen LogP contribution is 2.22. The number of nitrogens with zero attached hydrogens (tertiary/aromatic N) is 2. The first-order chi connectivity index (χ1) is 7.49. The number of nitrogens with two attached hydrogens (primary N) is 1. The molecule has 3 N–H and O–H groups in total. The molecule has 0 bridgehead atoms. The van der Waals surface area contributed by atoms with E-state index in [-0.39, 0.29) is 11.6 Å². The van der Waals surface area contributed by atoms with Crippen LogP contribution in [0.5, 0.6) is 0 Å². The minimum absolute atomic E-state index is 0.0168. The second-order valence-corrected chi connectivity index (χ2v) is 3.71. The van der Waals surface area contributed by atoms with Crippen LogP contribution in [0.3, 0.4) is 0 Å². The number of fused-ring (bicyclic) bond motifs is 1. The molecule has 0 aliphatic carbocycles. The molecule has 0 fully saturated rings. The normalized spacial score (nSPS) is 10.6. The second kappa shape index (κ2) is 3.44. The summed E-state index contributed by atoms with van der Waals surface area (Å²) in [6, 6.07) is 3.69. The number of hydrogen-bond donors (Lipinski definition) is 2. The monoisotopic (exact) mass is 217 g/mol. The van der Waals surface area contributed by atoms with Crippen LogP contribution in [0.2, 0.25) is 0 Å². The van der Waals surface area contributed by atoms with Gasteiger partial charge in [0.25, 0.3) is 0 Å². The molecule has 1 aromatic carbocycles. The number of aromatic nitrogens is 2. The van der Waals surface area contributed by atoms with Gasteiger partial charge >= 0.3 is 5.97 Å². The molecular weight excluding hydrogens is 206 g/mol. The smallest absolute Gasteiger partial charge is 0.355 e. The van der Waals surface area contributed by atoms with Gasteiger partial charge in [0.2, 0.25) is 5.95 Å². The number of carboxylic acid groups (broad SMARTS) is 1. The molecule has 82 valence electrons. The van der Waals surface area contributed by atoms with Crippen molar-refractivity contribution in [1.29, 1.82) is 0 Å². The van der Waals surface area contributed by atoms with Crippen LogP contribution in [0.15, 0.2) is 12.1 Å². The van der Waals surface area contributed by atoms with Crippen LogP contribution in [0.4, 0.5) is 5.95 Å². The van der Waals surface area contributed by atoms with Gasteiger partial charge in [-0.05, 0) is 25.5 Å². The van der Waals surface area contributed by atoms with Crippen molar-refractivity contribution in [2.45, 2.75) is 13.8 Å². The van der Waals surface area contributed by atoms with E-state index in [1.807, 2.05) is 19.9 Å². The van der Waals surface area contributed by atoms with Gasteiger partial charge in [-0.15, -0.1) is 0 Å². The second-order valence-electron chi connectivity index (χ2n) is 3.71. The molecule has 2 aromatic rings. The fourth-order valence-electron chi connectivity index (χ4n) is 1.77. The fourth-order valence-corrected chi connectivity index (χ4v) is 1.77. The number of nitrogen functional groups attached to an aromatic ring is 1. The van der Waals surface area contributed by atoms with E-state index in [9.17, 15) is 4.79 Å². The first kappa shape index (κ1) is 10.4. The Labute approximate surface area is 91.9 Å². The van der Waals surface area contributed by atoms with Crippen LogP contribution in [0, 0.1) is 13.8 Å². The van der Waals surface area contributed by atoms with Crippen LogP contribution in [0.25, 0.3) is 10.9 Å². The Balaban J connectivity index is 2.95. The minimum atomic E-state index is -1.09. The van der Waals surface area contributed by atoms with Gasteiger partial charge in [0.1, 0.15) is 0 Å². The summed E-state index contributed by atoms with van der Waals surface area (Å²) in [4.78, 5) is 18.9. The molecule has 16 heavy (non-hydrogen) atoms. The van der Waals surface area contributed by atoms with E-state index in [2.05, 4.69) is 9.97 Å². The summed E-state index contributed by atoms with van der Waals surface area (Å²) >= 11 is 0. The number of aryl methyl sites for hydroxylation is 2. The molecule has 5 heteroatoms. The molecule has 0 radical (unpaired) electrons. The van der Waals surface area contributed by atoms with Crippen LogP contribution in [-0.2, 0) is 0 Å². The molecule has 0 saturated heterocycles. The van der Waals surface area contributed by atoms with E-state index in [1.165, 1.54) is 0 Å². The fraction of sp³-hybridized carbons (Fsp3) is 0.182. The maximum atomic E-state index is 11.0. The molecule has 0 saturated carbocycles. The quantitative estimate of drug-likeness (QED) is 0.756. The summed E-state index contributed by atoms with van der Waals surface area (Å²) in [5, 5.41) is 9.57. The van der Waals surface area contributed by atoms with Crippen molar-refractivity contribution < 1.29 is 9.90 Å². The zero-order valence-corrected chi connectivity index (χ0v) is 8.98. The molecule has 2 rings (SSSR count). The number of hydrogen-bond acceptors (Lipinski definition) is 4. The van der Waals surface area contributed by atoms with Gasteiger partial charge in [0.15, 0.2) is 5.69 Å². The molecule has 0 aliphatic rings. The Bertz CT molecular complexity index is 593. The molecular formula is C11H11N3O2. The first-order valence-corrected chi connectivity index (χ1v) is 4.77. The molecule has 0 aliphatic heterocycles. The standard InChI is InChI=1S/C11H11N3O2/c1-5-3-6(2)8-7(4-5)9(10(15)16)14-11(12)13-8/h3-4H,1-2H3,(H,15,16)(H2,12,13,14). The molecule has 0 atom stereocenters. The van der Waals surface area contributed by atoms with Crippen molar-refractivity contribution in [1.82, 2.24) is 9.97 Å². The third-order valence-electron chi connectivity index (χ3n) is 2.36. The van der Waals surface area contributed by atoms with Crippen LogP contribution >= 0.6 is 0 Å². The zero-order valence-electron chi connectivity index (χ0n) is 8.98. The van der Waals surface area contributed by atoms with Crippen LogP contribution in [0.1, 0.15) is 21.6 Å². The lowest BCUT2D eigenvalue weighted by atomic mass is 10.1. The van der Waals surface area contributed by atoms with Crippen LogP contribution < -0.4 is 5.73 Å². The lowest BCUT2D eigenvalue weighted by Gasteiger charge is -2.06. The number of carboxylic acids is 1. The Morgan fingerprint density at radius 3 is 2.62 bits per heavy atom. The lowest BCUT2D eigenvalue weighted by Crippen LogP contribution is -2.07. The number of benzene rings is 1. The number of aromatic carboxylic acids is 1. The number of rotatable bonds is 1. The van der Waals surface area contributed by atoms with Gasteiger partial charge < -0.3 is 10.8 Å².